The van der Waals surface area contributed by atoms with Gasteiger partial charge in [0.25, 0.3) is 0 Å². The Kier molecular flexibility index (Phi) is 11.3. The maximum atomic E-state index is 6.95. The van der Waals surface area contributed by atoms with Crippen molar-refractivity contribution in [3.8, 4) is 0 Å². The van der Waals surface area contributed by atoms with E-state index in [1.807, 2.05) is 36.2 Å². The lowest BCUT2D eigenvalue weighted by atomic mass is 10.2. The number of hydrogen-bond acceptors (Lipinski definition) is 5. The molecule has 182 valence electrons. The average molecular weight is 485 g/mol. The van der Waals surface area contributed by atoms with Gasteiger partial charge in [0.1, 0.15) is 0 Å². The van der Waals surface area contributed by atoms with E-state index in [4.69, 9.17) is 5.41 Å². The fourth-order valence-electron chi connectivity index (χ4n) is 3.41. The summed E-state index contributed by atoms with van der Waals surface area (Å²) in [7, 11) is 0. The third kappa shape index (κ3) is 10.8. The summed E-state index contributed by atoms with van der Waals surface area (Å²) in [5.41, 5.74) is 4.59. The minimum absolute atomic E-state index is 0.728. The first-order valence-corrected chi connectivity index (χ1v) is 13.1. The lowest BCUT2D eigenvalue weighted by Crippen LogP contribution is -2.16. The predicted octanol–water partition coefficient (Wildman–Crippen LogP) is 6.99. The molecule has 0 saturated heterocycles. The summed E-state index contributed by atoms with van der Waals surface area (Å²) in [4.78, 5) is 5.56. The Morgan fingerprint density at radius 2 is 1.89 bits per heavy atom. The molecular formula is C30H36N4S. The zero-order valence-corrected chi connectivity index (χ0v) is 21.5. The summed E-state index contributed by atoms with van der Waals surface area (Å²) >= 11 is 1.90. The van der Waals surface area contributed by atoms with Crippen LogP contribution in [0.3, 0.4) is 0 Å². The second-order valence-electron chi connectivity index (χ2n) is 8.67. The summed E-state index contributed by atoms with van der Waals surface area (Å²) in [5, 5.41) is 14.1. The number of aryl methyl sites for hydroxylation is 1. The Labute approximate surface area is 214 Å². The van der Waals surface area contributed by atoms with Crippen LogP contribution in [0.2, 0.25) is 0 Å². The highest BCUT2D eigenvalue weighted by molar-refractivity contribution is 8.03. The van der Waals surface area contributed by atoms with Gasteiger partial charge in [0, 0.05) is 41.9 Å². The van der Waals surface area contributed by atoms with Crippen LogP contribution in [-0.4, -0.2) is 24.3 Å². The molecule has 1 aromatic rings. The Balaban J connectivity index is 0.000000420. The maximum absolute atomic E-state index is 6.95. The fourth-order valence-corrected chi connectivity index (χ4v) is 4.27. The van der Waals surface area contributed by atoms with E-state index in [9.17, 15) is 0 Å². The van der Waals surface area contributed by atoms with Crippen LogP contribution in [0.25, 0.3) is 0 Å². The standard InChI is InChI=1S/C23H28N4S.C7H8/c1-18-15-23(18)26-17-28-22-8-3-7-21(11-12-22)27-20-6-2-5-19(9-10-20)16-25-14-4-13-24;1-7-5-3-2-4-6-7/h3-11,13-14,16,18,23-24,26-27H,2,12,15,17H2,1H3;2-6H,1H3/b14-4-,24-13?,25-16?;. The van der Waals surface area contributed by atoms with Crippen molar-refractivity contribution in [3.05, 3.63) is 119 Å². The van der Waals surface area contributed by atoms with Gasteiger partial charge in [-0.05, 0) is 60.8 Å². The van der Waals surface area contributed by atoms with Crippen LogP contribution in [0.4, 0.5) is 0 Å². The summed E-state index contributed by atoms with van der Waals surface area (Å²) in [5.74, 6) is 1.84. The zero-order valence-electron chi connectivity index (χ0n) is 20.7. The predicted molar refractivity (Wildman–Crippen MR) is 154 cm³/mol. The number of hydrogen-bond donors (Lipinski definition) is 3. The molecule has 0 radical (unpaired) electrons. The van der Waals surface area contributed by atoms with Crippen LogP contribution in [0.15, 0.2) is 118 Å². The van der Waals surface area contributed by atoms with E-state index >= 15 is 0 Å². The Morgan fingerprint density at radius 1 is 1.09 bits per heavy atom. The van der Waals surface area contributed by atoms with Crippen molar-refractivity contribution in [1.82, 2.24) is 10.6 Å². The molecule has 0 bridgehead atoms. The molecule has 1 aromatic carbocycles. The van der Waals surface area contributed by atoms with Crippen molar-refractivity contribution in [1.29, 1.82) is 5.41 Å². The Hall–Kier alpha value is -3.15. The number of nitrogens with zero attached hydrogens (tertiary/aromatic N) is 1. The molecule has 0 aromatic heterocycles. The molecular weight excluding hydrogens is 448 g/mol. The minimum Gasteiger partial charge on any atom is -0.356 e. The molecule has 35 heavy (non-hydrogen) atoms. The van der Waals surface area contributed by atoms with Crippen LogP contribution in [-0.2, 0) is 0 Å². The average Bonchev–Trinajstić information content (AvgIpc) is 3.64. The highest BCUT2D eigenvalue weighted by Crippen LogP contribution is 2.30. The van der Waals surface area contributed by atoms with Crippen LogP contribution in [0, 0.1) is 18.3 Å². The molecule has 4 rings (SSSR count). The second kappa shape index (κ2) is 15.0. The third-order valence-electron chi connectivity index (χ3n) is 5.66. The first kappa shape index (κ1) is 26.5. The number of nitrogens with one attached hydrogen (secondary N) is 3. The molecule has 2 atom stereocenters. The monoisotopic (exact) mass is 484 g/mol. The molecule has 0 heterocycles. The topological polar surface area (TPSA) is 60.3 Å². The second-order valence-corrected chi connectivity index (χ2v) is 9.77. The minimum atomic E-state index is 0.728. The van der Waals surface area contributed by atoms with Crippen LogP contribution < -0.4 is 10.6 Å². The Morgan fingerprint density at radius 3 is 2.60 bits per heavy atom. The van der Waals surface area contributed by atoms with Gasteiger partial charge >= 0.3 is 0 Å². The molecule has 0 amide bonds. The largest absolute Gasteiger partial charge is 0.356 e. The number of aliphatic imine (C=N–C) groups is 1. The Bertz CT molecular complexity index is 1070. The molecule has 0 spiro atoms. The van der Waals surface area contributed by atoms with E-state index in [0.717, 1.165) is 47.6 Å². The summed E-state index contributed by atoms with van der Waals surface area (Å²) < 4.78 is 0. The van der Waals surface area contributed by atoms with Gasteiger partial charge in [-0.3, -0.25) is 4.99 Å². The van der Waals surface area contributed by atoms with Crippen molar-refractivity contribution in [2.75, 3.05) is 5.88 Å². The van der Waals surface area contributed by atoms with Crippen molar-refractivity contribution >= 4 is 24.2 Å². The van der Waals surface area contributed by atoms with Gasteiger partial charge in [0.15, 0.2) is 0 Å². The molecule has 5 heteroatoms. The quantitative estimate of drug-likeness (QED) is 0.261. The maximum Gasteiger partial charge on any atom is 0.0464 e. The molecule has 3 aliphatic rings. The van der Waals surface area contributed by atoms with Gasteiger partial charge < -0.3 is 16.0 Å². The van der Waals surface area contributed by atoms with E-state index in [2.05, 4.69) is 90.2 Å². The van der Waals surface area contributed by atoms with E-state index in [1.165, 1.54) is 23.1 Å². The van der Waals surface area contributed by atoms with Gasteiger partial charge in [0.2, 0.25) is 0 Å². The van der Waals surface area contributed by atoms with Gasteiger partial charge in [-0.25, -0.2) is 0 Å². The third-order valence-corrected chi connectivity index (χ3v) is 6.65. The highest BCUT2D eigenvalue weighted by Gasteiger charge is 2.31. The SMILES string of the molecule is CC1CC1NCSC1=CC=CC(NC2=CCC=C(C=N/C=C\C=N)C=C2)=CC1.Cc1ccccc1. The van der Waals surface area contributed by atoms with Crippen molar-refractivity contribution in [2.45, 2.75) is 39.2 Å². The van der Waals surface area contributed by atoms with Crippen molar-refractivity contribution < 1.29 is 0 Å². The smallest absolute Gasteiger partial charge is 0.0464 e. The first-order valence-electron chi connectivity index (χ1n) is 12.1. The first-order chi connectivity index (χ1) is 17.1. The van der Waals surface area contributed by atoms with Crippen LogP contribution >= 0.6 is 11.8 Å². The number of rotatable bonds is 9. The van der Waals surface area contributed by atoms with E-state index in [1.54, 1.807) is 12.3 Å². The van der Waals surface area contributed by atoms with E-state index in [0.29, 0.717) is 0 Å². The summed E-state index contributed by atoms with van der Waals surface area (Å²) in [6.45, 7) is 4.38. The molecule has 1 saturated carbocycles. The fraction of sp³-hybridized carbons (Fsp3) is 0.267. The van der Waals surface area contributed by atoms with Gasteiger partial charge in [-0.15, -0.1) is 11.8 Å². The van der Waals surface area contributed by atoms with E-state index in [-0.39, 0.29) is 0 Å². The van der Waals surface area contributed by atoms with Gasteiger partial charge in [-0.2, -0.15) is 0 Å². The van der Waals surface area contributed by atoms with E-state index < -0.39 is 0 Å². The molecule has 0 aliphatic heterocycles. The molecule has 2 unspecified atom stereocenters. The number of allylic oxidation sites excluding steroid dienone is 11. The molecule has 3 aliphatic carbocycles. The number of benzene rings is 1. The normalized spacial score (nSPS) is 21.2. The summed E-state index contributed by atoms with van der Waals surface area (Å²) in [6, 6.07) is 11.0. The van der Waals surface area contributed by atoms with Crippen molar-refractivity contribution in [3.63, 3.8) is 0 Å². The summed E-state index contributed by atoms with van der Waals surface area (Å²) in [6.07, 6.45) is 26.5. The van der Waals surface area contributed by atoms with Gasteiger partial charge in [0.05, 0.1) is 0 Å². The lowest BCUT2D eigenvalue weighted by molar-refractivity contribution is 0.732. The molecule has 4 nitrogen and oxygen atoms in total. The van der Waals surface area contributed by atoms with Crippen LogP contribution in [0.5, 0.6) is 0 Å². The zero-order chi connectivity index (χ0) is 24.7. The van der Waals surface area contributed by atoms with Crippen molar-refractivity contribution in [2.24, 2.45) is 10.9 Å². The van der Waals surface area contributed by atoms with Gasteiger partial charge in [-0.1, -0.05) is 79.3 Å². The highest BCUT2D eigenvalue weighted by atomic mass is 32.2. The lowest BCUT2D eigenvalue weighted by Gasteiger charge is -2.08. The number of thioether (sulfide) groups is 1. The van der Waals surface area contributed by atoms with Crippen LogP contribution in [0.1, 0.15) is 31.7 Å². The molecule has 3 N–H and O–H groups in total. The molecule has 1 fully saturated rings.